The van der Waals surface area contributed by atoms with E-state index in [1.165, 1.54) is 48.2 Å². The molecule has 5 nitrogen and oxygen atoms in total. The minimum Gasteiger partial charge on any atom is -0.423 e. The average Bonchev–Trinajstić information content (AvgIpc) is 2.84. The zero-order chi connectivity index (χ0) is 21.7. The van der Waals surface area contributed by atoms with Crippen LogP contribution in [-0.4, -0.2) is 20.2 Å². The highest BCUT2D eigenvalue weighted by atomic mass is 32.2. The first-order valence-corrected chi connectivity index (χ1v) is 11.3. The molecular weight excluding hydrogens is 439 g/mol. The van der Waals surface area contributed by atoms with E-state index < -0.39 is 27.4 Å². The van der Waals surface area contributed by atoms with Gasteiger partial charge in [-0.3, -0.25) is 4.31 Å². The molecule has 0 N–H and O–H groups in total. The Morgan fingerprint density at radius 2 is 1.87 bits per heavy atom. The molecule has 0 aliphatic carbocycles. The second kappa shape index (κ2) is 7.35. The molecule has 1 aromatic heterocycles. The lowest BCUT2D eigenvalue weighted by Crippen LogP contribution is -2.32. The third-order valence-electron chi connectivity index (χ3n) is 4.80. The second-order valence-corrected chi connectivity index (χ2v) is 10.3. The average molecular weight is 455 g/mol. The number of fused-ring (bicyclic) bond motifs is 2. The number of benzene rings is 2. The molecule has 158 valence electrons. The van der Waals surface area contributed by atoms with E-state index in [9.17, 15) is 26.4 Å². The molecule has 0 radical (unpaired) electrons. The number of nitrogens with zero attached hydrogens (tertiary/aromatic N) is 1. The fourth-order valence-electron chi connectivity index (χ4n) is 3.27. The lowest BCUT2D eigenvalue weighted by Gasteiger charge is -2.25. The maximum Gasteiger partial charge on any atom is 0.416 e. The van der Waals surface area contributed by atoms with E-state index in [4.69, 9.17) is 4.42 Å². The normalized spacial score (nSPS) is 17.6. The van der Waals surface area contributed by atoms with E-state index in [-0.39, 0.29) is 28.0 Å². The van der Waals surface area contributed by atoms with Gasteiger partial charge in [0.25, 0.3) is 10.0 Å². The second-order valence-electron chi connectivity index (χ2n) is 6.93. The summed E-state index contributed by atoms with van der Waals surface area (Å²) in [5.74, 6) is 0. The van der Waals surface area contributed by atoms with E-state index in [1.54, 1.807) is 0 Å². The zero-order valence-electron chi connectivity index (χ0n) is 15.6. The van der Waals surface area contributed by atoms with Gasteiger partial charge in [-0.25, -0.2) is 13.2 Å². The molecule has 0 saturated carbocycles. The van der Waals surface area contributed by atoms with E-state index in [0.29, 0.717) is 16.7 Å². The molecule has 0 fully saturated rings. The van der Waals surface area contributed by atoms with Gasteiger partial charge in [0.05, 0.1) is 16.1 Å². The Hall–Kier alpha value is -2.46. The van der Waals surface area contributed by atoms with Crippen molar-refractivity contribution in [2.45, 2.75) is 34.6 Å². The summed E-state index contributed by atoms with van der Waals surface area (Å²) in [6.07, 6.45) is -4.12. The molecule has 1 aliphatic heterocycles. The van der Waals surface area contributed by atoms with Gasteiger partial charge in [-0.2, -0.15) is 13.2 Å². The molecule has 0 bridgehead atoms. The van der Waals surface area contributed by atoms with Gasteiger partial charge in [-0.1, -0.05) is 6.92 Å². The number of thioether (sulfide) groups is 1. The van der Waals surface area contributed by atoms with Crippen LogP contribution in [0.2, 0.25) is 0 Å². The van der Waals surface area contributed by atoms with E-state index in [1.807, 2.05) is 6.92 Å². The van der Waals surface area contributed by atoms with Gasteiger partial charge in [-0.05, 0) is 48.9 Å². The predicted molar refractivity (Wildman–Crippen MR) is 108 cm³/mol. The molecule has 1 atom stereocenters. The molecule has 1 unspecified atom stereocenters. The summed E-state index contributed by atoms with van der Waals surface area (Å²) in [6.45, 7) is 1.95. The first kappa shape index (κ1) is 20.8. The summed E-state index contributed by atoms with van der Waals surface area (Å²) < 4.78 is 72.7. The monoisotopic (exact) mass is 455 g/mol. The van der Waals surface area contributed by atoms with Crippen LogP contribution in [0.1, 0.15) is 18.9 Å². The van der Waals surface area contributed by atoms with Gasteiger partial charge in [0.2, 0.25) is 0 Å². The van der Waals surface area contributed by atoms with Crippen LogP contribution in [0, 0.1) is 0 Å². The van der Waals surface area contributed by atoms with Crippen molar-refractivity contribution in [3.05, 3.63) is 64.5 Å². The van der Waals surface area contributed by atoms with Crippen molar-refractivity contribution in [3.8, 4) is 0 Å². The SMILES string of the molecule is CC1CCN(S(=O)(=O)c2ccc3oc(=O)ccc3c2)c2cc(C(F)(F)F)ccc2S1. The lowest BCUT2D eigenvalue weighted by molar-refractivity contribution is -0.137. The number of anilines is 1. The molecule has 0 spiro atoms. The highest BCUT2D eigenvalue weighted by Crippen LogP contribution is 2.43. The Balaban J connectivity index is 1.86. The van der Waals surface area contributed by atoms with Crippen LogP contribution in [0.15, 0.2) is 67.5 Å². The number of halogens is 3. The molecule has 3 aromatic rings. The highest BCUT2D eigenvalue weighted by Gasteiger charge is 2.35. The molecule has 0 saturated heterocycles. The topological polar surface area (TPSA) is 67.6 Å². The third-order valence-corrected chi connectivity index (χ3v) is 7.85. The quantitative estimate of drug-likeness (QED) is 0.515. The Bertz CT molecular complexity index is 1290. The number of hydrogen-bond donors (Lipinski definition) is 0. The summed E-state index contributed by atoms with van der Waals surface area (Å²) in [5.41, 5.74) is -1.23. The molecule has 1 aliphatic rings. The Morgan fingerprint density at radius 3 is 2.60 bits per heavy atom. The molecule has 4 rings (SSSR count). The Labute approximate surface area is 174 Å². The number of alkyl halides is 3. The summed E-state index contributed by atoms with van der Waals surface area (Å²) in [4.78, 5) is 11.7. The van der Waals surface area contributed by atoms with Crippen LogP contribution in [0.3, 0.4) is 0 Å². The van der Waals surface area contributed by atoms with Gasteiger partial charge < -0.3 is 4.42 Å². The van der Waals surface area contributed by atoms with E-state index >= 15 is 0 Å². The molecular formula is C20H16F3NO4S2. The van der Waals surface area contributed by atoms with Crippen LogP contribution in [0.4, 0.5) is 18.9 Å². The fourth-order valence-corrected chi connectivity index (χ4v) is 5.95. The van der Waals surface area contributed by atoms with Crippen molar-refractivity contribution in [1.82, 2.24) is 0 Å². The zero-order valence-corrected chi connectivity index (χ0v) is 17.3. The molecule has 10 heteroatoms. The molecule has 0 amide bonds. The highest BCUT2D eigenvalue weighted by molar-refractivity contribution is 8.00. The lowest BCUT2D eigenvalue weighted by atomic mass is 10.2. The summed E-state index contributed by atoms with van der Waals surface area (Å²) in [6, 6.07) is 9.79. The van der Waals surface area contributed by atoms with Gasteiger partial charge in [-0.15, -0.1) is 11.8 Å². The van der Waals surface area contributed by atoms with Crippen LogP contribution < -0.4 is 9.93 Å². The number of rotatable bonds is 2. The van der Waals surface area contributed by atoms with Gasteiger partial charge in [0, 0.05) is 28.1 Å². The van der Waals surface area contributed by atoms with E-state index in [2.05, 4.69) is 0 Å². The van der Waals surface area contributed by atoms with Gasteiger partial charge in [0.1, 0.15) is 5.58 Å². The predicted octanol–water partition coefficient (Wildman–Crippen LogP) is 4.89. The maximum atomic E-state index is 13.4. The largest absolute Gasteiger partial charge is 0.423 e. The standard InChI is InChI=1S/C20H16F3NO4S2/c1-12-8-9-24(16-11-14(20(21,22)23)3-6-18(16)29-12)30(26,27)15-4-5-17-13(10-15)2-7-19(25)28-17/h2-7,10-12H,8-9H2,1H3. The minimum absolute atomic E-state index is 0.0128. The summed E-state index contributed by atoms with van der Waals surface area (Å²) in [5, 5.41) is 0.434. The Kier molecular flexibility index (Phi) is 5.09. The molecule has 2 aromatic carbocycles. The van der Waals surface area contributed by atoms with Crippen molar-refractivity contribution >= 4 is 38.4 Å². The number of sulfonamides is 1. The van der Waals surface area contributed by atoms with Crippen LogP contribution in [0.25, 0.3) is 11.0 Å². The Morgan fingerprint density at radius 1 is 1.10 bits per heavy atom. The van der Waals surface area contributed by atoms with Crippen LogP contribution in [-0.2, 0) is 16.2 Å². The fraction of sp³-hybridized carbons (Fsp3) is 0.250. The van der Waals surface area contributed by atoms with Crippen LogP contribution >= 0.6 is 11.8 Å². The van der Waals surface area contributed by atoms with Crippen molar-refractivity contribution < 1.29 is 26.0 Å². The number of hydrogen-bond acceptors (Lipinski definition) is 5. The first-order chi connectivity index (χ1) is 14.1. The van der Waals surface area contributed by atoms with Crippen molar-refractivity contribution in [2.75, 3.05) is 10.8 Å². The summed E-state index contributed by atoms with van der Waals surface area (Å²) in [7, 11) is -4.15. The minimum atomic E-state index is -4.59. The van der Waals surface area contributed by atoms with Gasteiger partial charge in [0.15, 0.2) is 0 Å². The van der Waals surface area contributed by atoms with Gasteiger partial charge >= 0.3 is 11.8 Å². The van der Waals surface area contributed by atoms with E-state index in [0.717, 1.165) is 16.4 Å². The summed E-state index contributed by atoms with van der Waals surface area (Å²) >= 11 is 1.35. The van der Waals surface area contributed by atoms with Crippen molar-refractivity contribution in [3.63, 3.8) is 0 Å². The third kappa shape index (κ3) is 3.81. The van der Waals surface area contributed by atoms with Crippen LogP contribution in [0.5, 0.6) is 0 Å². The smallest absolute Gasteiger partial charge is 0.416 e. The first-order valence-electron chi connectivity index (χ1n) is 9.00. The molecule has 2 heterocycles. The van der Waals surface area contributed by atoms with Crippen molar-refractivity contribution in [1.29, 1.82) is 0 Å². The molecule has 30 heavy (non-hydrogen) atoms. The maximum absolute atomic E-state index is 13.4. The van der Waals surface area contributed by atoms with Crippen molar-refractivity contribution in [2.24, 2.45) is 0 Å².